The van der Waals surface area contributed by atoms with E-state index in [0.717, 1.165) is 5.56 Å². The number of benzene rings is 3. The predicted octanol–water partition coefficient (Wildman–Crippen LogP) is 5.98. The Morgan fingerprint density at radius 1 is 0.963 bits per heavy atom. The van der Waals surface area contributed by atoms with Crippen LogP contribution in [-0.2, 0) is 6.42 Å². The van der Waals surface area contributed by atoms with Crippen molar-refractivity contribution >= 4 is 45.9 Å². The number of carbonyl (C=O) groups is 1. The number of oxazole rings is 1. The smallest absolute Gasteiger partial charge is 0.255 e. The molecule has 1 amide bonds. The van der Waals surface area contributed by atoms with E-state index in [2.05, 4.69) is 10.3 Å². The number of aromatic nitrogens is 1. The van der Waals surface area contributed by atoms with E-state index in [9.17, 15) is 4.79 Å². The van der Waals surface area contributed by atoms with Crippen molar-refractivity contribution in [2.75, 3.05) is 5.32 Å². The summed E-state index contributed by atoms with van der Waals surface area (Å²) in [5.74, 6) is 0.352. The molecule has 0 atom stereocenters. The number of halogens is 2. The number of amides is 1. The van der Waals surface area contributed by atoms with Gasteiger partial charge in [0.1, 0.15) is 5.52 Å². The number of hydrogen-bond acceptors (Lipinski definition) is 3. The van der Waals surface area contributed by atoms with Gasteiger partial charge < -0.3 is 9.73 Å². The first-order valence-corrected chi connectivity index (χ1v) is 9.04. The van der Waals surface area contributed by atoms with Gasteiger partial charge in [-0.2, -0.15) is 0 Å². The third kappa shape index (κ3) is 3.97. The highest BCUT2D eigenvalue weighted by atomic mass is 35.5. The molecular weight excluding hydrogens is 383 g/mol. The molecule has 4 rings (SSSR count). The topological polar surface area (TPSA) is 55.1 Å². The van der Waals surface area contributed by atoms with Gasteiger partial charge in [-0.3, -0.25) is 4.79 Å². The summed E-state index contributed by atoms with van der Waals surface area (Å²) < 4.78 is 5.79. The van der Waals surface area contributed by atoms with Crippen molar-refractivity contribution in [1.29, 1.82) is 0 Å². The molecule has 0 fully saturated rings. The maximum absolute atomic E-state index is 12.4. The van der Waals surface area contributed by atoms with Gasteiger partial charge >= 0.3 is 0 Å². The average Bonchev–Trinajstić information content (AvgIpc) is 3.06. The van der Waals surface area contributed by atoms with Crippen molar-refractivity contribution < 1.29 is 9.21 Å². The molecule has 0 radical (unpaired) electrons. The largest absolute Gasteiger partial charge is 0.440 e. The zero-order valence-corrected chi connectivity index (χ0v) is 15.6. The molecule has 0 saturated heterocycles. The lowest BCUT2D eigenvalue weighted by atomic mass is 10.1. The molecule has 3 aromatic carbocycles. The lowest BCUT2D eigenvalue weighted by molar-refractivity contribution is 0.102. The summed E-state index contributed by atoms with van der Waals surface area (Å²) in [6.07, 6.45) is 0.612. The van der Waals surface area contributed by atoms with Crippen molar-refractivity contribution in [1.82, 2.24) is 4.98 Å². The molecule has 134 valence electrons. The second-order valence-electron chi connectivity index (χ2n) is 6.04. The van der Waals surface area contributed by atoms with Gasteiger partial charge in [0.05, 0.1) is 10.0 Å². The number of carbonyl (C=O) groups excluding carboxylic acids is 1. The second-order valence-corrected chi connectivity index (χ2v) is 6.85. The van der Waals surface area contributed by atoms with Crippen LogP contribution in [0.4, 0.5) is 5.69 Å². The Hall–Kier alpha value is -2.82. The van der Waals surface area contributed by atoms with Crippen molar-refractivity contribution in [2.45, 2.75) is 6.42 Å². The molecule has 6 heteroatoms. The molecule has 0 aliphatic carbocycles. The van der Waals surface area contributed by atoms with Gasteiger partial charge in [0.2, 0.25) is 0 Å². The number of anilines is 1. The third-order valence-electron chi connectivity index (χ3n) is 4.07. The molecule has 0 saturated carbocycles. The molecule has 0 aliphatic heterocycles. The van der Waals surface area contributed by atoms with Gasteiger partial charge in [-0.1, -0.05) is 53.5 Å². The molecule has 4 aromatic rings. The number of nitrogens with one attached hydrogen (secondary N) is 1. The van der Waals surface area contributed by atoms with E-state index in [-0.39, 0.29) is 5.91 Å². The Morgan fingerprint density at radius 2 is 1.78 bits per heavy atom. The van der Waals surface area contributed by atoms with Crippen LogP contribution < -0.4 is 5.32 Å². The van der Waals surface area contributed by atoms with Crippen LogP contribution in [-0.4, -0.2) is 10.9 Å². The third-order valence-corrected chi connectivity index (χ3v) is 4.81. The first-order chi connectivity index (χ1) is 13.1. The van der Waals surface area contributed by atoms with Crippen molar-refractivity contribution in [3.8, 4) is 0 Å². The van der Waals surface area contributed by atoms with Crippen LogP contribution >= 0.6 is 23.2 Å². The first-order valence-electron chi connectivity index (χ1n) is 8.28. The van der Waals surface area contributed by atoms with Crippen LogP contribution in [0.3, 0.4) is 0 Å². The monoisotopic (exact) mass is 396 g/mol. The molecular formula is C21H14Cl2N2O2. The molecule has 4 nitrogen and oxygen atoms in total. The zero-order valence-electron chi connectivity index (χ0n) is 14.1. The number of fused-ring (bicyclic) bond motifs is 1. The summed E-state index contributed by atoms with van der Waals surface area (Å²) in [6.45, 7) is 0. The van der Waals surface area contributed by atoms with E-state index in [1.165, 1.54) is 6.07 Å². The molecule has 0 bridgehead atoms. The fraction of sp³-hybridized carbons (Fsp3) is 0.0476. The van der Waals surface area contributed by atoms with Crippen molar-refractivity contribution in [3.05, 3.63) is 93.8 Å². The second kappa shape index (κ2) is 7.43. The first kappa shape index (κ1) is 17.6. The highest BCUT2D eigenvalue weighted by Gasteiger charge is 2.11. The molecule has 1 heterocycles. The van der Waals surface area contributed by atoms with Crippen molar-refractivity contribution in [2.24, 2.45) is 0 Å². The van der Waals surface area contributed by atoms with E-state index in [1.54, 1.807) is 30.3 Å². The van der Waals surface area contributed by atoms with Gasteiger partial charge in [-0.15, -0.1) is 0 Å². The molecule has 0 aliphatic rings. The lowest BCUT2D eigenvalue weighted by Crippen LogP contribution is -2.11. The minimum Gasteiger partial charge on any atom is -0.440 e. The fourth-order valence-corrected chi connectivity index (χ4v) is 3.04. The van der Waals surface area contributed by atoms with E-state index in [4.69, 9.17) is 27.6 Å². The molecule has 0 unspecified atom stereocenters. The van der Waals surface area contributed by atoms with Crippen LogP contribution in [0.15, 0.2) is 71.1 Å². The van der Waals surface area contributed by atoms with Gasteiger partial charge in [0.15, 0.2) is 11.5 Å². The number of rotatable bonds is 4. The Morgan fingerprint density at radius 3 is 2.56 bits per heavy atom. The number of nitrogens with zero attached hydrogens (tertiary/aromatic N) is 1. The summed E-state index contributed by atoms with van der Waals surface area (Å²) in [4.78, 5) is 16.9. The van der Waals surface area contributed by atoms with Gasteiger partial charge in [0.25, 0.3) is 5.91 Å². The van der Waals surface area contributed by atoms with Gasteiger partial charge in [-0.05, 0) is 42.0 Å². The Bertz CT molecular complexity index is 1120. The summed E-state index contributed by atoms with van der Waals surface area (Å²) in [5.41, 5.74) is 3.53. The van der Waals surface area contributed by atoms with Gasteiger partial charge in [-0.25, -0.2) is 4.98 Å². The van der Waals surface area contributed by atoms with Crippen LogP contribution in [0.5, 0.6) is 0 Å². The Kier molecular flexibility index (Phi) is 4.84. The minimum atomic E-state index is -0.277. The Labute approximate surface area is 165 Å². The van der Waals surface area contributed by atoms with E-state index < -0.39 is 0 Å². The van der Waals surface area contributed by atoms with Crippen molar-refractivity contribution in [3.63, 3.8) is 0 Å². The SMILES string of the molecule is O=C(Nc1ccc2oc(Cc3ccccc3)nc2c1)c1ccc(Cl)c(Cl)c1. The molecule has 1 N–H and O–H groups in total. The number of hydrogen-bond donors (Lipinski definition) is 1. The fourth-order valence-electron chi connectivity index (χ4n) is 2.74. The molecule has 1 aromatic heterocycles. The highest BCUT2D eigenvalue weighted by Crippen LogP contribution is 2.24. The average molecular weight is 397 g/mol. The zero-order chi connectivity index (χ0) is 18.8. The molecule has 0 spiro atoms. The van der Waals surface area contributed by atoms with E-state index >= 15 is 0 Å². The summed E-state index contributed by atoms with van der Waals surface area (Å²) in [6, 6.07) is 20.1. The quantitative estimate of drug-likeness (QED) is 0.461. The maximum atomic E-state index is 12.4. The van der Waals surface area contributed by atoms with E-state index in [0.29, 0.717) is 44.7 Å². The summed E-state index contributed by atoms with van der Waals surface area (Å²) >= 11 is 11.9. The lowest BCUT2D eigenvalue weighted by Gasteiger charge is -2.06. The highest BCUT2D eigenvalue weighted by molar-refractivity contribution is 6.42. The normalized spacial score (nSPS) is 10.9. The van der Waals surface area contributed by atoms with Crippen LogP contribution in [0, 0.1) is 0 Å². The minimum absolute atomic E-state index is 0.277. The van der Waals surface area contributed by atoms with Gasteiger partial charge in [0, 0.05) is 17.7 Å². The van der Waals surface area contributed by atoms with E-state index in [1.807, 2.05) is 30.3 Å². The summed E-state index contributed by atoms with van der Waals surface area (Å²) in [5, 5.41) is 3.57. The molecule has 27 heavy (non-hydrogen) atoms. The maximum Gasteiger partial charge on any atom is 0.255 e. The predicted molar refractivity (Wildman–Crippen MR) is 108 cm³/mol. The Balaban J connectivity index is 1.54. The van der Waals surface area contributed by atoms with Crippen LogP contribution in [0.25, 0.3) is 11.1 Å². The van der Waals surface area contributed by atoms with Crippen LogP contribution in [0.2, 0.25) is 10.0 Å². The standard InChI is InChI=1S/C21H14Cl2N2O2/c22-16-8-6-14(11-17(16)23)21(26)24-15-7-9-19-18(12-15)25-20(27-19)10-13-4-2-1-3-5-13/h1-9,11-12H,10H2,(H,24,26). The summed E-state index contributed by atoms with van der Waals surface area (Å²) in [7, 11) is 0. The van der Waals surface area contributed by atoms with Crippen LogP contribution in [0.1, 0.15) is 21.8 Å².